The molecule has 0 nitrogen and oxygen atoms in total. The Bertz CT molecular complexity index is 113. The lowest BCUT2D eigenvalue weighted by molar-refractivity contribution is 0.347. The van der Waals surface area contributed by atoms with E-state index in [4.69, 9.17) is 0 Å². The fourth-order valence-electron chi connectivity index (χ4n) is 1.58. The van der Waals surface area contributed by atoms with E-state index < -0.39 is 0 Å². The molecule has 0 radical (unpaired) electrons. The maximum absolute atomic E-state index is 3.86. The lowest BCUT2D eigenvalue weighted by Gasteiger charge is -2.20. The third kappa shape index (κ3) is 4.58. The van der Waals surface area contributed by atoms with Crippen LogP contribution in [0.15, 0.2) is 12.7 Å². The molecule has 2 atom stereocenters. The molecular weight excluding hydrogens is 144 g/mol. The predicted molar refractivity (Wildman–Crippen MR) is 57.2 cm³/mol. The lowest BCUT2D eigenvalue weighted by Crippen LogP contribution is -2.09. The molecule has 2 unspecified atom stereocenters. The Morgan fingerprint density at radius 3 is 2.08 bits per heavy atom. The van der Waals surface area contributed by atoms with Crippen LogP contribution in [0.3, 0.4) is 0 Å². The van der Waals surface area contributed by atoms with Gasteiger partial charge in [0.1, 0.15) is 0 Å². The van der Waals surface area contributed by atoms with Crippen LogP contribution in [0.2, 0.25) is 0 Å². The summed E-state index contributed by atoms with van der Waals surface area (Å²) in [6.07, 6.45) is 6.10. The largest absolute Gasteiger partial charge is 0.103 e. The van der Waals surface area contributed by atoms with E-state index in [9.17, 15) is 0 Å². The van der Waals surface area contributed by atoms with Gasteiger partial charge in [-0.05, 0) is 24.2 Å². The van der Waals surface area contributed by atoms with Gasteiger partial charge in [0.25, 0.3) is 0 Å². The summed E-state index contributed by atoms with van der Waals surface area (Å²) in [4.78, 5) is 0. The summed E-state index contributed by atoms with van der Waals surface area (Å²) in [7, 11) is 0. The van der Waals surface area contributed by atoms with Gasteiger partial charge in [-0.15, -0.1) is 6.58 Å². The fraction of sp³-hybridized carbons (Fsp3) is 0.833. The van der Waals surface area contributed by atoms with Gasteiger partial charge in [-0.3, -0.25) is 0 Å². The van der Waals surface area contributed by atoms with Crippen molar-refractivity contribution >= 4 is 0 Å². The minimum atomic E-state index is 0.689. The summed E-state index contributed by atoms with van der Waals surface area (Å²) in [6.45, 7) is 13.0. The van der Waals surface area contributed by atoms with Crippen molar-refractivity contribution in [1.82, 2.24) is 0 Å². The Morgan fingerprint density at radius 1 is 1.17 bits per heavy atom. The number of rotatable bonds is 6. The molecule has 0 saturated carbocycles. The molecule has 0 aromatic rings. The SMILES string of the molecule is C=CC(C)C(CC)CCC(C)C. The molecule has 0 spiro atoms. The molecule has 0 aliphatic rings. The van der Waals surface area contributed by atoms with E-state index >= 15 is 0 Å². The van der Waals surface area contributed by atoms with Gasteiger partial charge in [-0.1, -0.05) is 46.6 Å². The van der Waals surface area contributed by atoms with Gasteiger partial charge in [0.15, 0.2) is 0 Å². The molecule has 0 aromatic heterocycles. The normalized spacial score (nSPS) is 16.1. The third-order valence-electron chi connectivity index (χ3n) is 2.75. The monoisotopic (exact) mass is 168 g/mol. The molecule has 0 aliphatic heterocycles. The predicted octanol–water partition coefficient (Wildman–Crippen LogP) is 4.27. The first-order chi connectivity index (χ1) is 5.61. The molecule has 0 bridgehead atoms. The zero-order valence-corrected chi connectivity index (χ0v) is 9.14. The van der Waals surface area contributed by atoms with E-state index in [0.717, 1.165) is 11.8 Å². The maximum atomic E-state index is 3.86. The molecule has 0 aromatic carbocycles. The van der Waals surface area contributed by atoms with Crippen LogP contribution in [0.25, 0.3) is 0 Å². The van der Waals surface area contributed by atoms with Crippen LogP contribution in [-0.2, 0) is 0 Å². The van der Waals surface area contributed by atoms with Crippen LogP contribution in [-0.4, -0.2) is 0 Å². The van der Waals surface area contributed by atoms with E-state index in [1.54, 1.807) is 0 Å². The molecule has 0 heteroatoms. The summed E-state index contributed by atoms with van der Waals surface area (Å²) in [5, 5.41) is 0. The summed E-state index contributed by atoms with van der Waals surface area (Å²) in [5.74, 6) is 2.38. The molecule has 0 saturated heterocycles. The molecule has 0 rings (SSSR count). The van der Waals surface area contributed by atoms with Crippen molar-refractivity contribution in [3.05, 3.63) is 12.7 Å². The number of allylic oxidation sites excluding steroid dienone is 1. The van der Waals surface area contributed by atoms with Crippen molar-refractivity contribution in [1.29, 1.82) is 0 Å². The smallest absolute Gasteiger partial charge is 0.0236 e. The standard InChI is InChI=1S/C12H24/c1-6-11(5)12(7-2)9-8-10(3)4/h6,10-12H,1,7-9H2,2-5H3. The van der Waals surface area contributed by atoms with Crippen molar-refractivity contribution in [2.45, 2.75) is 47.0 Å². The van der Waals surface area contributed by atoms with E-state index in [1.165, 1.54) is 19.3 Å². The van der Waals surface area contributed by atoms with E-state index in [0.29, 0.717) is 5.92 Å². The van der Waals surface area contributed by atoms with Crippen molar-refractivity contribution in [3.8, 4) is 0 Å². The van der Waals surface area contributed by atoms with Crippen LogP contribution in [0.5, 0.6) is 0 Å². The van der Waals surface area contributed by atoms with Crippen LogP contribution < -0.4 is 0 Å². The molecule has 0 heterocycles. The minimum absolute atomic E-state index is 0.689. The Kier molecular flexibility index (Phi) is 6.14. The summed E-state index contributed by atoms with van der Waals surface area (Å²) in [6, 6.07) is 0. The van der Waals surface area contributed by atoms with Gasteiger partial charge in [-0.25, -0.2) is 0 Å². The maximum Gasteiger partial charge on any atom is -0.0236 e. The second kappa shape index (κ2) is 6.28. The Labute approximate surface area is 78.1 Å². The zero-order chi connectivity index (χ0) is 9.56. The molecule has 12 heavy (non-hydrogen) atoms. The molecule has 0 N–H and O–H groups in total. The molecule has 0 fully saturated rings. The van der Waals surface area contributed by atoms with Crippen LogP contribution in [0, 0.1) is 17.8 Å². The molecule has 0 aliphatic carbocycles. The van der Waals surface area contributed by atoms with E-state index in [2.05, 4.69) is 40.3 Å². The van der Waals surface area contributed by atoms with Crippen molar-refractivity contribution in [2.75, 3.05) is 0 Å². The minimum Gasteiger partial charge on any atom is -0.103 e. The van der Waals surface area contributed by atoms with Crippen molar-refractivity contribution in [3.63, 3.8) is 0 Å². The summed E-state index contributed by atoms with van der Waals surface area (Å²) in [5.41, 5.74) is 0. The molecule has 72 valence electrons. The van der Waals surface area contributed by atoms with Gasteiger partial charge in [0.05, 0.1) is 0 Å². The van der Waals surface area contributed by atoms with Gasteiger partial charge in [0, 0.05) is 0 Å². The first-order valence-corrected chi connectivity index (χ1v) is 5.24. The highest BCUT2D eigenvalue weighted by Crippen LogP contribution is 2.23. The average molecular weight is 168 g/mol. The molecular formula is C12H24. The van der Waals surface area contributed by atoms with E-state index in [-0.39, 0.29) is 0 Å². The van der Waals surface area contributed by atoms with Crippen LogP contribution in [0.4, 0.5) is 0 Å². The Balaban J connectivity index is 3.74. The highest BCUT2D eigenvalue weighted by atomic mass is 14.2. The van der Waals surface area contributed by atoms with Crippen LogP contribution >= 0.6 is 0 Å². The van der Waals surface area contributed by atoms with E-state index in [1.807, 2.05) is 0 Å². The first-order valence-electron chi connectivity index (χ1n) is 5.24. The highest BCUT2D eigenvalue weighted by molar-refractivity contribution is 4.80. The highest BCUT2D eigenvalue weighted by Gasteiger charge is 2.12. The second-order valence-electron chi connectivity index (χ2n) is 4.23. The Morgan fingerprint density at radius 2 is 1.75 bits per heavy atom. The van der Waals surface area contributed by atoms with Crippen LogP contribution in [0.1, 0.15) is 47.0 Å². The zero-order valence-electron chi connectivity index (χ0n) is 9.14. The quantitative estimate of drug-likeness (QED) is 0.519. The van der Waals surface area contributed by atoms with Crippen molar-refractivity contribution < 1.29 is 0 Å². The second-order valence-corrected chi connectivity index (χ2v) is 4.23. The van der Waals surface area contributed by atoms with Gasteiger partial charge in [0.2, 0.25) is 0 Å². The lowest BCUT2D eigenvalue weighted by atomic mass is 9.86. The van der Waals surface area contributed by atoms with Gasteiger partial charge >= 0.3 is 0 Å². The fourth-order valence-corrected chi connectivity index (χ4v) is 1.58. The Hall–Kier alpha value is -0.260. The van der Waals surface area contributed by atoms with Gasteiger partial charge < -0.3 is 0 Å². The first kappa shape index (κ1) is 11.7. The molecule has 0 amide bonds. The number of hydrogen-bond acceptors (Lipinski definition) is 0. The average Bonchev–Trinajstić information content (AvgIpc) is 2.04. The third-order valence-corrected chi connectivity index (χ3v) is 2.75. The summed E-state index contributed by atoms with van der Waals surface area (Å²) < 4.78 is 0. The van der Waals surface area contributed by atoms with Crippen molar-refractivity contribution in [2.24, 2.45) is 17.8 Å². The summed E-state index contributed by atoms with van der Waals surface area (Å²) >= 11 is 0. The number of hydrogen-bond donors (Lipinski definition) is 0. The topological polar surface area (TPSA) is 0 Å². The van der Waals surface area contributed by atoms with Gasteiger partial charge in [-0.2, -0.15) is 0 Å².